The highest BCUT2D eigenvalue weighted by molar-refractivity contribution is 5.93. The Bertz CT molecular complexity index is 2980. The number of nitrogens with zero attached hydrogens (tertiary/aromatic N) is 2. The number of nitrogens with two attached hydrogens (primary N) is 2. The van der Waals surface area contributed by atoms with Crippen LogP contribution in [0, 0.1) is 22.7 Å². The summed E-state index contributed by atoms with van der Waals surface area (Å²) in [5, 5.41) is 31.7. The summed E-state index contributed by atoms with van der Waals surface area (Å²) in [7, 11) is 0. The third-order valence-electron chi connectivity index (χ3n) is 12.6. The van der Waals surface area contributed by atoms with Gasteiger partial charge in [-0.05, 0) is 93.8 Å². The van der Waals surface area contributed by atoms with Gasteiger partial charge in [0, 0.05) is 12.8 Å². The number of allylic oxidation sites excluding steroid dienone is 2. The van der Waals surface area contributed by atoms with E-state index >= 15 is 0 Å². The molecule has 14 nitrogen and oxygen atoms in total. The molecule has 394 valence electrons. The van der Waals surface area contributed by atoms with E-state index < -0.39 is 36.0 Å². The van der Waals surface area contributed by atoms with Gasteiger partial charge in [0.05, 0.1) is 48.5 Å². The van der Waals surface area contributed by atoms with E-state index in [9.17, 15) is 29.7 Å². The fourth-order valence-electron chi connectivity index (χ4n) is 8.37. The Labute approximate surface area is 455 Å². The number of nitriles is 2. The molecule has 0 aliphatic carbocycles. The van der Waals surface area contributed by atoms with E-state index in [1.807, 2.05) is 146 Å². The van der Waals surface area contributed by atoms with Crippen molar-refractivity contribution in [2.45, 2.75) is 49.9 Å². The van der Waals surface area contributed by atoms with E-state index in [-0.39, 0.29) is 51.0 Å². The Morgan fingerprint density at radius 2 is 0.731 bits per heavy atom. The number of amides is 4. The third-order valence-corrected chi connectivity index (χ3v) is 12.6. The van der Waals surface area contributed by atoms with Gasteiger partial charge in [-0.1, -0.05) is 170 Å². The normalized spacial score (nSPS) is 12.8. The number of nitrogens with one attached hydrogen (secondary N) is 4. The first-order chi connectivity index (χ1) is 38.0. The summed E-state index contributed by atoms with van der Waals surface area (Å²) in [4.78, 5) is 53.0. The first-order valence-corrected chi connectivity index (χ1v) is 25.7. The van der Waals surface area contributed by atoms with Crippen LogP contribution >= 0.6 is 0 Å². The fourth-order valence-corrected chi connectivity index (χ4v) is 8.37. The molecule has 0 heterocycles. The molecule has 0 aromatic heterocycles. The zero-order valence-corrected chi connectivity index (χ0v) is 43.1. The van der Waals surface area contributed by atoms with Crippen molar-refractivity contribution < 1.29 is 28.7 Å². The summed E-state index contributed by atoms with van der Waals surface area (Å²) in [6, 6.07) is 60.6. The molecule has 0 aliphatic heterocycles. The molecule has 7 rings (SSSR count). The molecule has 7 aromatic rings. The van der Waals surface area contributed by atoms with Crippen molar-refractivity contribution in [3.8, 4) is 23.6 Å². The van der Waals surface area contributed by atoms with Crippen LogP contribution < -0.4 is 42.2 Å². The molecule has 0 fully saturated rings. The summed E-state index contributed by atoms with van der Waals surface area (Å²) in [6.45, 7) is 0.727. The SMILES string of the molecule is N#C/C(=C\c1ccc(OCCNC(=O)[C@H](Cc2ccccc2)NC(=O)[C@@H](N)Cc2ccccc2)cc1)c1ccc(/C(C#N)=C/c2ccc(OCCNC(=O)[C@H](Cc3ccccc3)NC(=O)[C@@H](N)Cc3ccccc3)cc2)cc1. The molecule has 0 radical (unpaired) electrons. The number of carbonyl (C=O) groups is 4. The van der Waals surface area contributed by atoms with Crippen LogP contribution in [0.25, 0.3) is 23.3 Å². The van der Waals surface area contributed by atoms with Crippen molar-refractivity contribution >= 4 is 46.9 Å². The molecule has 0 aliphatic rings. The maximum absolute atomic E-state index is 13.4. The largest absolute Gasteiger partial charge is 0.492 e. The zero-order chi connectivity index (χ0) is 54.9. The summed E-state index contributed by atoms with van der Waals surface area (Å²) in [5.74, 6) is -0.404. The molecule has 0 saturated carbocycles. The summed E-state index contributed by atoms with van der Waals surface area (Å²) in [5.41, 5.74) is 19.8. The molecule has 0 saturated heterocycles. The van der Waals surface area contributed by atoms with E-state index in [0.29, 0.717) is 46.6 Å². The van der Waals surface area contributed by atoms with Gasteiger partial charge in [-0.15, -0.1) is 0 Å². The van der Waals surface area contributed by atoms with Crippen molar-refractivity contribution in [1.29, 1.82) is 10.5 Å². The second-order valence-electron chi connectivity index (χ2n) is 18.4. The minimum atomic E-state index is -0.843. The maximum atomic E-state index is 13.4. The van der Waals surface area contributed by atoms with Gasteiger partial charge in [0.15, 0.2) is 0 Å². The monoisotopic (exact) mass is 1040 g/mol. The molecule has 0 bridgehead atoms. The molecule has 0 unspecified atom stereocenters. The highest BCUT2D eigenvalue weighted by Gasteiger charge is 2.26. The van der Waals surface area contributed by atoms with Gasteiger partial charge in [-0.2, -0.15) is 10.5 Å². The minimum absolute atomic E-state index is 0.173. The topological polar surface area (TPSA) is 234 Å². The van der Waals surface area contributed by atoms with E-state index in [4.69, 9.17) is 20.9 Å². The third kappa shape index (κ3) is 17.8. The molecule has 4 amide bonds. The predicted molar refractivity (Wildman–Crippen MR) is 304 cm³/mol. The van der Waals surface area contributed by atoms with Crippen LogP contribution in [0.3, 0.4) is 0 Å². The number of ether oxygens (including phenoxy) is 2. The lowest BCUT2D eigenvalue weighted by Crippen LogP contribution is -2.53. The predicted octanol–water partition coefficient (Wildman–Crippen LogP) is 7.40. The number of benzene rings is 7. The van der Waals surface area contributed by atoms with Crippen LogP contribution in [0.1, 0.15) is 44.5 Å². The van der Waals surface area contributed by atoms with Gasteiger partial charge in [0.1, 0.15) is 36.8 Å². The van der Waals surface area contributed by atoms with E-state index in [2.05, 4.69) is 33.4 Å². The molecule has 4 atom stereocenters. The van der Waals surface area contributed by atoms with Gasteiger partial charge in [-0.25, -0.2) is 0 Å². The van der Waals surface area contributed by atoms with Crippen molar-refractivity contribution in [3.63, 3.8) is 0 Å². The summed E-state index contributed by atoms with van der Waals surface area (Å²) < 4.78 is 11.8. The lowest BCUT2D eigenvalue weighted by Gasteiger charge is -2.21. The number of rotatable bonds is 26. The quantitative estimate of drug-likeness (QED) is 0.0179. The summed E-state index contributed by atoms with van der Waals surface area (Å²) in [6.07, 6.45) is 4.78. The number of carbonyl (C=O) groups excluding carboxylic acids is 4. The Hall–Kier alpha value is -9.60. The molecule has 8 N–H and O–H groups in total. The van der Waals surface area contributed by atoms with Gasteiger partial charge >= 0.3 is 0 Å². The van der Waals surface area contributed by atoms with Crippen LogP contribution in [0.4, 0.5) is 0 Å². The highest BCUT2D eigenvalue weighted by atomic mass is 16.5. The lowest BCUT2D eigenvalue weighted by atomic mass is 9.99. The van der Waals surface area contributed by atoms with E-state index in [0.717, 1.165) is 33.4 Å². The maximum Gasteiger partial charge on any atom is 0.243 e. The fraction of sp³-hybridized carbons (Fsp3) is 0.188. The second kappa shape index (κ2) is 29.5. The molecule has 78 heavy (non-hydrogen) atoms. The molecular weight excluding hydrogens is 977 g/mol. The molecular formula is C64H62N8O6. The first kappa shape index (κ1) is 56.1. The zero-order valence-electron chi connectivity index (χ0n) is 43.1. The van der Waals surface area contributed by atoms with E-state index in [1.54, 1.807) is 60.7 Å². The minimum Gasteiger partial charge on any atom is -0.492 e. The van der Waals surface area contributed by atoms with Gasteiger partial charge in [0.2, 0.25) is 23.6 Å². The standard InChI is InChI=1S/C64H62N8O6/c65-43-53(37-49-21-29-55(30-22-49)77-35-33-69-63(75)59(41-47-17-9-3-10-18-47)71-61(73)57(67)39-45-13-5-1-6-14-45)51-25-27-52(28-26-51)54(44-66)38-50-23-31-56(32-24-50)78-36-34-70-64(76)60(42-48-19-11-4-12-20-48)72-62(74)58(68)40-46-15-7-2-8-16-46/h1-32,37-38,57-60H,33-36,39-42,67-68H2,(H,69,75)(H,70,76)(H,71,73)(H,72,74)/b53-37+,54-38+/t57-,58-,59-,60-/m0/s1. The van der Waals surface area contributed by atoms with Crippen LogP contribution in [0.15, 0.2) is 194 Å². The number of hydrogen-bond acceptors (Lipinski definition) is 10. The number of hydrogen-bond donors (Lipinski definition) is 6. The van der Waals surface area contributed by atoms with Crippen molar-refractivity contribution in [2.75, 3.05) is 26.3 Å². The average molecular weight is 1040 g/mol. The van der Waals surface area contributed by atoms with Crippen molar-refractivity contribution in [3.05, 3.63) is 239 Å². The van der Waals surface area contributed by atoms with Crippen LogP contribution in [-0.4, -0.2) is 74.1 Å². The summed E-state index contributed by atoms with van der Waals surface area (Å²) >= 11 is 0. The molecule has 7 aromatic carbocycles. The Kier molecular flexibility index (Phi) is 21.2. The van der Waals surface area contributed by atoms with Crippen molar-refractivity contribution in [1.82, 2.24) is 21.3 Å². The lowest BCUT2D eigenvalue weighted by molar-refractivity contribution is -0.129. The first-order valence-electron chi connectivity index (χ1n) is 25.7. The van der Waals surface area contributed by atoms with E-state index in [1.165, 1.54) is 0 Å². The smallest absolute Gasteiger partial charge is 0.243 e. The molecule has 14 heteroatoms. The van der Waals surface area contributed by atoms with Crippen LogP contribution in [-0.2, 0) is 44.9 Å². The highest BCUT2D eigenvalue weighted by Crippen LogP contribution is 2.25. The van der Waals surface area contributed by atoms with Gasteiger partial charge in [0.25, 0.3) is 0 Å². The van der Waals surface area contributed by atoms with Gasteiger partial charge < -0.3 is 42.2 Å². The molecule has 0 spiro atoms. The van der Waals surface area contributed by atoms with Crippen molar-refractivity contribution in [2.24, 2.45) is 11.5 Å². The Morgan fingerprint density at radius 3 is 1.04 bits per heavy atom. The van der Waals surface area contributed by atoms with Crippen LogP contribution in [0.2, 0.25) is 0 Å². The Balaban J connectivity index is 0.863. The Morgan fingerprint density at radius 1 is 0.423 bits per heavy atom. The average Bonchev–Trinajstić information content (AvgIpc) is 3.47. The van der Waals surface area contributed by atoms with Crippen LogP contribution in [0.5, 0.6) is 11.5 Å². The van der Waals surface area contributed by atoms with Gasteiger partial charge in [-0.3, -0.25) is 19.2 Å². The second-order valence-corrected chi connectivity index (χ2v) is 18.4.